The SMILES string of the molecule is CCCCN(CC(=O)OC(C)(C)C)C(=O)[C@H](CCCN=C(N)N)NS(=O)(=O)c1ccc2cc(OC)c(OC)cc2c1.N#N. The van der Waals surface area contributed by atoms with Gasteiger partial charge < -0.3 is 30.6 Å². The fraction of sp³-hybridized carbons (Fsp3) is 0.536. The third kappa shape index (κ3) is 11.9. The number of rotatable bonds is 15. The third-order valence-corrected chi connectivity index (χ3v) is 7.47. The number of benzene rings is 2. The Bertz CT molecular complexity index is 1390. The van der Waals surface area contributed by atoms with E-state index in [9.17, 15) is 18.0 Å². The summed E-state index contributed by atoms with van der Waals surface area (Å²) in [5, 5.41) is 13.4. The molecule has 0 aliphatic rings. The summed E-state index contributed by atoms with van der Waals surface area (Å²) in [4.78, 5) is 31.6. The number of nitrogens with zero attached hydrogens (tertiary/aromatic N) is 4. The third-order valence-electron chi connectivity index (χ3n) is 6.00. The molecule has 0 aromatic heterocycles. The minimum absolute atomic E-state index is 0.0357. The minimum atomic E-state index is -4.17. The van der Waals surface area contributed by atoms with Gasteiger partial charge in [-0.1, -0.05) is 19.4 Å². The standard InChI is InChI=1S/C28H43N5O7S.N2/c1-7-8-14-33(18-25(34)40-28(2,3)4)26(35)22(10-9-13-31-27(29)30)32-41(36,37)21-12-11-19-16-23(38-5)24(39-6)17-20(19)15-21;1-2/h11-12,15-17,22,32H,7-10,13-14,18H2,1-6H3,(H4,29,30,31);/t22-;/m0./s1. The zero-order valence-corrected chi connectivity index (χ0v) is 26.4. The molecule has 0 aliphatic carbocycles. The highest BCUT2D eigenvalue weighted by Crippen LogP contribution is 2.33. The normalized spacial score (nSPS) is 11.9. The molecule has 2 aromatic rings. The smallest absolute Gasteiger partial charge is 0.326 e. The van der Waals surface area contributed by atoms with Gasteiger partial charge in [0.05, 0.1) is 19.1 Å². The summed E-state index contributed by atoms with van der Waals surface area (Å²) in [5.74, 6) is -0.264. The predicted molar refractivity (Wildman–Crippen MR) is 162 cm³/mol. The average molecular weight is 622 g/mol. The Hall–Kier alpha value is -4.16. The molecule has 0 saturated heterocycles. The second kappa shape index (κ2) is 17.1. The van der Waals surface area contributed by atoms with Crippen LogP contribution in [0.25, 0.3) is 10.8 Å². The Balaban J connectivity index is 0.00000452. The van der Waals surface area contributed by atoms with Crippen LogP contribution in [0.5, 0.6) is 11.5 Å². The molecule has 0 bridgehead atoms. The van der Waals surface area contributed by atoms with Crippen molar-refractivity contribution in [2.75, 3.05) is 33.9 Å². The van der Waals surface area contributed by atoms with E-state index < -0.39 is 33.5 Å². The van der Waals surface area contributed by atoms with E-state index in [-0.39, 0.29) is 36.9 Å². The highest BCUT2D eigenvalue weighted by molar-refractivity contribution is 7.89. The first-order chi connectivity index (χ1) is 20.2. The van der Waals surface area contributed by atoms with Crippen molar-refractivity contribution in [3.8, 4) is 11.5 Å². The van der Waals surface area contributed by atoms with Gasteiger partial charge in [0.25, 0.3) is 0 Å². The number of amides is 1. The van der Waals surface area contributed by atoms with Gasteiger partial charge in [-0.05, 0) is 75.1 Å². The maximum Gasteiger partial charge on any atom is 0.326 e. The maximum absolute atomic E-state index is 13.7. The lowest BCUT2D eigenvalue weighted by atomic mass is 10.1. The van der Waals surface area contributed by atoms with E-state index in [0.29, 0.717) is 29.7 Å². The number of carbonyl (C=O) groups excluding carboxylic acids is 2. The Labute approximate surface area is 253 Å². The summed E-state index contributed by atoms with van der Waals surface area (Å²) < 4.78 is 45.8. The van der Waals surface area contributed by atoms with Crippen molar-refractivity contribution in [1.29, 1.82) is 10.8 Å². The van der Waals surface area contributed by atoms with Gasteiger partial charge in [-0.25, -0.2) is 8.42 Å². The Morgan fingerprint density at radius 3 is 2.16 bits per heavy atom. The van der Waals surface area contributed by atoms with Gasteiger partial charge >= 0.3 is 5.97 Å². The van der Waals surface area contributed by atoms with Gasteiger partial charge in [-0.3, -0.25) is 14.6 Å². The fourth-order valence-corrected chi connectivity index (χ4v) is 5.34. The van der Waals surface area contributed by atoms with Crippen molar-refractivity contribution in [3.63, 3.8) is 0 Å². The van der Waals surface area contributed by atoms with Gasteiger partial charge in [0.15, 0.2) is 17.5 Å². The molecular weight excluding hydrogens is 578 g/mol. The molecule has 0 heterocycles. The number of nitrogens with one attached hydrogen (secondary N) is 1. The van der Waals surface area contributed by atoms with E-state index in [1.807, 2.05) is 6.92 Å². The molecule has 14 nitrogen and oxygen atoms in total. The molecule has 238 valence electrons. The number of hydrogen-bond donors (Lipinski definition) is 3. The number of nitrogens with two attached hydrogens (primary N) is 2. The number of esters is 1. The van der Waals surface area contributed by atoms with E-state index in [4.69, 9.17) is 36.5 Å². The number of guanidine groups is 1. The van der Waals surface area contributed by atoms with E-state index in [2.05, 4.69) is 9.71 Å². The minimum Gasteiger partial charge on any atom is -0.493 e. The highest BCUT2D eigenvalue weighted by atomic mass is 32.2. The van der Waals surface area contributed by atoms with Crippen molar-refractivity contribution in [2.45, 2.75) is 69.9 Å². The fourth-order valence-electron chi connectivity index (χ4n) is 4.08. The second-order valence-electron chi connectivity index (χ2n) is 10.5. The largest absolute Gasteiger partial charge is 0.493 e. The topological polar surface area (TPSA) is 223 Å². The van der Waals surface area contributed by atoms with Crippen LogP contribution in [-0.4, -0.2) is 76.7 Å². The Morgan fingerprint density at radius 2 is 1.63 bits per heavy atom. The average Bonchev–Trinajstić information content (AvgIpc) is 2.95. The molecular formula is C28H43N7O7S. The van der Waals surface area contributed by atoms with Crippen LogP contribution in [0.1, 0.15) is 53.4 Å². The number of carbonyl (C=O) groups is 2. The second-order valence-corrected chi connectivity index (χ2v) is 12.3. The van der Waals surface area contributed by atoms with E-state index in [1.54, 1.807) is 39.0 Å². The summed E-state index contributed by atoms with van der Waals surface area (Å²) >= 11 is 0. The maximum atomic E-state index is 13.7. The predicted octanol–water partition coefficient (Wildman–Crippen LogP) is 2.56. The molecule has 0 saturated carbocycles. The number of unbranched alkanes of at least 4 members (excludes halogenated alkanes) is 1. The van der Waals surface area contributed by atoms with Gasteiger partial charge in [-0.15, -0.1) is 0 Å². The molecule has 2 rings (SSSR count). The summed E-state index contributed by atoms with van der Waals surface area (Å²) in [6.07, 6.45) is 1.81. The molecule has 0 radical (unpaired) electrons. The van der Waals surface area contributed by atoms with Crippen molar-refractivity contribution in [1.82, 2.24) is 9.62 Å². The quantitative estimate of drug-likeness (QED) is 0.0861. The van der Waals surface area contributed by atoms with Crippen LogP contribution < -0.4 is 25.7 Å². The summed E-state index contributed by atoms with van der Waals surface area (Å²) in [5.41, 5.74) is 10.1. The van der Waals surface area contributed by atoms with E-state index in [1.165, 1.54) is 31.3 Å². The monoisotopic (exact) mass is 621 g/mol. The van der Waals surface area contributed by atoms with E-state index in [0.717, 1.165) is 11.8 Å². The van der Waals surface area contributed by atoms with Crippen LogP contribution in [0.4, 0.5) is 0 Å². The molecule has 2 aromatic carbocycles. The first-order valence-corrected chi connectivity index (χ1v) is 15.1. The first-order valence-electron chi connectivity index (χ1n) is 13.6. The lowest BCUT2D eigenvalue weighted by molar-refractivity contribution is -0.159. The molecule has 0 fully saturated rings. The van der Waals surface area contributed by atoms with Crippen LogP contribution in [0.3, 0.4) is 0 Å². The summed E-state index contributed by atoms with van der Waals surface area (Å²) in [7, 11) is -1.16. The van der Waals surface area contributed by atoms with Crippen LogP contribution in [0, 0.1) is 10.8 Å². The highest BCUT2D eigenvalue weighted by Gasteiger charge is 2.31. The molecule has 0 spiro atoms. The lowest BCUT2D eigenvalue weighted by Crippen LogP contribution is -2.50. The number of ether oxygens (including phenoxy) is 3. The molecule has 0 unspecified atom stereocenters. The molecule has 1 amide bonds. The van der Waals surface area contributed by atoms with Gasteiger partial charge in [0.1, 0.15) is 18.2 Å². The number of fused-ring (bicyclic) bond motifs is 1. The summed E-state index contributed by atoms with van der Waals surface area (Å²) in [6.45, 7) is 7.32. The number of aliphatic imine (C=N–C) groups is 1. The van der Waals surface area contributed by atoms with Crippen molar-refractivity contribution >= 4 is 38.6 Å². The van der Waals surface area contributed by atoms with Gasteiger partial charge in [0, 0.05) is 23.9 Å². The molecule has 0 aliphatic heterocycles. The number of sulfonamides is 1. The zero-order valence-electron chi connectivity index (χ0n) is 25.6. The van der Waals surface area contributed by atoms with Gasteiger partial charge in [-0.2, -0.15) is 4.72 Å². The van der Waals surface area contributed by atoms with Gasteiger partial charge in [0.2, 0.25) is 15.9 Å². The van der Waals surface area contributed by atoms with Crippen molar-refractivity contribution in [2.24, 2.45) is 16.5 Å². The Kier molecular flexibility index (Phi) is 14.6. The first kappa shape index (κ1) is 36.9. The number of methoxy groups -OCH3 is 2. The van der Waals surface area contributed by atoms with Crippen molar-refractivity contribution < 1.29 is 32.2 Å². The molecule has 5 N–H and O–H groups in total. The van der Waals surface area contributed by atoms with Crippen LogP contribution >= 0.6 is 0 Å². The van der Waals surface area contributed by atoms with Crippen molar-refractivity contribution in [3.05, 3.63) is 30.3 Å². The Morgan fingerprint density at radius 1 is 1.02 bits per heavy atom. The lowest BCUT2D eigenvalue weighted by Gasteiger charge is -2.28. The number of hydrogen-bond acceptors (Lipinski definition) is 10. The van der Waals surface area contributed by atoms with Crippen LogP contribution in [0.15, 0.2) is 40.2 Å². The zero-order chi connectivity index (χ0) is 32.8. The molecule has 1 atom stereocenters. The molecule has 15 heteroatoms. The summed E-state index contributed by atoms with van der Waals surface area (Å²) in [6, 6.07) is 6.85. The van der Waals surface area contributed by atoms with E-state index >= 15 is 0 Å². The van der Waals surface area contributed by atoms with Crippen LogP contribution in [-0.2, 0) is 24.3 Å². The van der Waals surface area contributed by atoms with Crippen LogP contribution in [0.2, 0.25) is 0 Å². The molecule has 43 heavy (non-hydrogen) atoms.